The van der Waals surface area contributed by atoms with Crippen molar-refractivity contribution < 1.29 is 24.9 Å². The van der Waals surface area contributed by atoms with Gasteiger partial charge >= 0.3 is 11.9 Å². The van der Waals surface area contributed by atoms with E-state index in [9.17, 15) is 19.8 Å². The normalized spacial score (nSPS) is 10.6. The number of hydrogen-bond donors (Lipinski definition) is 3. The average molecular weight is 351 g/mol. The van der Waals surface area contributed by atoms with Crippen LogP contribution in [-0.4, -0.2) is 31.8 Å². The predicted octanol–water partition coefficient (Wildman–Crippen LogP) is 3.57. The van der Waals surface area contributed by atoms with Gasteiger partial charge in [0.25, 0.3) is 0 Å². The van der Waals surface area contributed by atoms with E-state index in [1.807, 2.05) is 47.0 Å². The molecular weight excluding hydrogens is 334 g/mol. The van der Waals surface area contributed by atoms with Crippen LogP contribution in [0.2, 0.25) is 0 Å². The number of aliphatic carboxylic acids is 1. The lowest BCUT2D eigenvalue weighted by molar-refractivity contribution is -0.136. The highest BCUT2D eigenvalue weighted by atomic mass is 16.4. The molecule has 0 aliphatic rings. The van der Waals surface area contributed by atoms with Crippen LogP contribution in [0.1, 0.15) is 22.5 Å². The summed E-state index contributed by atoms with van der Waals surface area (Å²) < 4.78 is 1.82. The summed E-state index contributed by atoms with van der Waals surface area (Å²) in [6, 6.07) is 17.5. The molecule has 1 heterocycles. The first-order valence-corrected chi connectivity index (χ1v) is 8.02. The molecule has 0 amide bonds. The molecule has 0 spiro atoms. The number of phenols is 1. The van der Waals surface area contributed by atoms with Gasteiger partial charge in [0.15, 0.2) is 0 Å². The standard InChI is InChI=1S/C20H17NO5/c22-18-10-7-15(12-16(18)20(25)26)21-14(8-11-19(23)24)6-9-17(21)13-4-2-1-3-5-13/h1-7,9-10,12,22H,8,11H2,(H,23,24)(H,25,26). The van der Waals surface area contributed by atoms with Gasteiger partial charge in [-0.05, 0) is 42.3 Å². The van der Waals surface area contributed by atoms with Crippen LogP contribution in [0.15, 0.2) is 60.7 Å². The summed E-state index contributed by atoms with van der Waals surface area (Å²) in [7, 11) is 0. The summed E-state index contributed by atoms with van der Waals surface area (Å²) in [5.74, 6) is -2.46. The van der Waals surface area contributed by atoms with Gasteiger partial charge in [0.05, 0.1) is 12.1 Å². The Morgan fingerprint density at radius 1 is 0.923 bits per heavy atom. The molecular formula is C20H17NO5. The second-order valence-electron chi connectivity index (χ2n) is 5.81. The zero-order valence-electron chi connectivity index (χ0n) is 13.8. The van der Waals surface area contributed by atoms with Crippen LogP contribution in [0.3, 0.4) is 0 Å². The Bertz CT molecular complexity index is 960. The molecule has 0 radical (unpaired) electrons. The van der Waals surface area contributed by atoms with E-state index < -0.39 is 11.9 Å². The van der Waals surface area contributed by atoms with Crippen molar-refractivity contribution in [1.29, 1.82) is 0 Å². The first kappa shape index (κ1) is 17.3. The van der Waals surface area contributed by atoms with E-state index in [2.05, 4.69) is 0 Å². The fourth-order valence-corrected chi connectivity index (χ4v) is 2.88. The lowest BCUT2D eigenvalue weighted by atomic mass is 10.1. The molecule has 3 aromatic rings. The zero-order chi connectivity index (χ0) is 18.7. The van der Waals surface area contributed by atoms with Crippen molar-refractivity contribution in [2.45, 2.75) is 12.8 Å². The minimum atomic E-state index is -1.23. The number of carboxylic acid groups (broad SMARTS) is 2. The fraction of sp³-hybridized carbons (Fsp3) is 0.100. The van der Waals surface area contributed by atoms with Gasteiger partial charge in [0.2, 0.25) is 0 Å². The van der Waals surface area contributed by atoms with Crippen LogP contribution in [0.25, 0.3) is 16.9 Å². The van der Waals surface area contributed by atoms with Crippen LogP contribution < -0.4 is 0 Å². The maximum atomic E-state index is 11.4. The van der Waals surface area contributed by atoms with E-state index in [1.54, 1.807) is 6.07 Å². The molecule has 3 N–H and O–H groups in total. The Morgan fingerprint density at radius 2 is 1.65 bits per heavy atom. The van der Waals surface area contributed by atoms with Crippen LogP contribution in [-0.2, 0) is 11.2 Å². The maximum Gasteiger partial charge on any atom is 0.339 e. The van der Waals surface area contributed by atoms with Gasteiger partial charge < -0.3 is 19.9 Å². The van der Waals surface area contributed by atoms with Gasteiger partial charge in [-0.1, -0.05) is 30.3 Å². The molecule has 3 rings (SSSR count). The summed E-state index contributed by atoms with van der Waals surface area (Å²) in [5, 5.41) is 28.0. The molecule has 2 aromatic carbocycles. The molecule has 0 unspecified atom stereocenters. The van der Waals surface area contributed by atoms with Gasteiger partial charge in [0.1, 0.15) is 11.3 Å². The number of rotatable bonds is 6. The Labute approximate surface area is 149 Å². The third kappa shape index (κ3) is 3.44. The van der Waals surface area contributed by atoms with Crippen LogP contribution >= 0.6 is 0 Å². The fourth-order valence-electron chi connectivity index (χ4n) is 2.88. The minimum Gasteiger partial charge on any atom is -0.507 e. The quantitative estimate of drug-likeness (QED) is 0.630. The number of aromatic hydroxyl groups is 1. The number of aromatic carboxylic acids is 1. The number of carbonyl (C=O) groups is 2. The molecule has 1 aromatic heterocycles. The molecule has 0 atom stereocenters. The zero-order valence-corrected chi connectivity index (χ0v) is 13.8. The highest BCUT2D eigenvalue weighted by molar-refractivity contribution is 5.91. The molecule has 6 heteroatoms. The van der Waals surface area contributed by atoms with Gasteiger partial charge in [-0.25, -0.2) is 4.79 Å². The number of aromatic nitrogens is 1. The van der Waals surface area contributed by atoms with Crippen molar-refractivity contribution in [3.8, 4) is 22.7 Å². The van der Waals surface area contributed by atoms with Gasteiger partial charge in [-0.15, -0.1) is 0 Å². The third-order valence-corrected chi connectivity index (χ3v) is 4.10. The molecule has 26 heavy (non-hydrogen) atoms. The molecule has 0 aliphatic heterocycles. The van der Waals surface area contributed by atoms with E-state index in [1.165, 1.54) is 12.1 Å². The predicted molar refractivity (Wildman–Crippen MR) is 95.8 cm³/mol. The first-order chi connectivity index (χ1) is 12.5. The van der Waals surface area contributed by atoms with Gasteiger partial charge in [-0.2, -0.15) is 0 Å². The Balaban J connectivity index is 2.17. The molecule has 0 fully saturated rings. The highest BCUT2D eigenvalue weighted by Crippen LogP contribution is 2.29. The molecule has 132 valence electrons. The second kappa shape index (κ2) is 7.14. The third-order valence-electron chi connectivity index (χ3n) is 4.10. The Morgan fingerprint density at radius 3 is 2.31 bits per heavy atom. The topological polar surface area (TPSA) is 99.8 Å². The summed E-state index contributed by atoms with van der Waals surface area (Å²) in [6.07, 6.45) is 0.258. The van der Waals surface area contributed by atoms with Crippen molar-refractivity contribution in [1.82, 2.24) is 4.57 Å². The lowest BCUT2D eigenvalue weighted by Crippen LogP contribution is -2.07. The monoisotopic (exact) mass is 351 g/mol. The largest absolute Gasteiger partial charge is 0.507 e. The van der Waals surface area contributed by atoms with E-state index in [4.69, 9.17) is 5.11 Å². The number of nitrogens with zero attached hydrogens (tertiary/aromatic N) is 1. The molecule has 0 saturated heterocycles. The van der Waals surface area contributed by atoms with E-state index in [-0.39, 0.29) is 17.7 Å². The smallest absolute Gasteiger partial charge is 0.339 e. The van der Waals surface area contributed by atoms with Gasteiger partial charge in [-0.3, -0.25) is 4.79 Å². The SMILES string of the molecule is O=C(O)CCc1ccc(-c2ccccc2)n1-c1ccc(O)c(C(=O)O)c1. The number of aryl methyl sites for hydroxylation is 1. The Kier molecular flexibility index (Phi) is 4.75. The van der Waals surface area contributed by atoms with Crippen LogP contribution in [0.4, 0.5) is 0 Å². The molecule has 0 bridgehead atoms. The van der Waals surface area contributed by atoms with Crippen molar-refractivity contribution in [2.75, 3.05) is 0 Å². The first-order valence-electron chi connectivity index (χ1n) is 8.02. The summed E-state index contributed by atoms with van der Waals surface area (Å²) in [5.41, 5.74) is 2.81. The summed E-state index contributed by atoms with van der Waals surface area (Å²) >= 11 is 0. The Hall–Kier alpha value is -3.54. The molecule has 0 saturated carbocycles. The van der Waals surface area contributed by atoms with Crippen molar-refractivity contribution in [3.05, 3.63) is 71.9 Å². The maximum absolute atomic E-state index is 11.4. The van der Waals surface area contributed by atoms with Crippen LogP contribution in [0, 0.1) is 0 Å². The number of hydrogen-bond acceptors (Lipinski definition) is 3. The average Bonchev–Trinajstić information content (AvgIpc) is 3.05. The molecule has 6 nitrogen and oxygen atoms in total. The number of carboxylic acids is 2. The van der Waals surface area contributed by atoms with Crippen molar-refractivity contribution in [3.63, 3.8) is 0 Å². The summed E-state index contributed by atoms with van der Waals surface area (Å²) in [6.45, 7) is 0. The van der Waals surface area contributed by atoms with Gasteiger partial charge in [0, 0.05) is 11.4 Å². The second-order valence-corrected chi connectivity index (χ2v) is 5.81. The van der Waals surface area contributed by atoms with Crippen LogP contribution in [0.5, 0.6) is 5.75 Å². The van der Waals surface area contributed by atoms with E-state index >= 15 is 0 Å². The lowest BCUT2D eigenvalue weighted by Gasteiger charge is -2.15. The summed E-state index contributed by atoms with van der Waals surface area (Å²) in [4.78, 5) is 22.3. The van der Waals surface area contributed by atoms with E-state index in [0.717, 1.165) is 17.0 Å². The van der Waals surface area contributed by atoms with Crippen molar-refractivity contribution >= 4 is 11.9 Å². The molecule has 0 aliphatic carbocycles. The van der Waals surface area contributed by atoms with E-state index in [0.29, 0.717) is 12.1 Å². The minimum absolute atomic E-state index is 0.0396. The van der Waals surface area contributed by atoms with Crippen molar-refractivity contribution in [2.24, 2.45) is 0 Å². The number of benzene rings is 2. The highest BCUT2D eigenvalue weighted by Gasteiger charge is 2.16.